The van der Waals surface area contributed by atoms with Gasteiger partial charge in [0.2, 0.25) is 0 Å². The number of Topliss-reactive ketones (excluding diaryl/α,β-unsaturated/α-hetero) is 1. The van der Waals surface area contributed by atoms with Crippen LogP contribution in [0.15, 0.2) is 12.2 Å². The summed E-state index contributed by atoms with van der Waals surface area (Å²) >= 11 is 0. The fraction of sp³-hybridized carbons (Fsp3) is 0.667. The molecule has 0 N–H and O–H groups in total. The predicted molar refractivity (Wildman–Crippen MR) is 41.8 cm³/mol. The van der Waals surface area contributed by atoms with Gasteiger partial charge in [0, 0.05) is 12.8 Å². The van der Waals surface area contributed by atoms with Crippen molar-refractivity contribution in [2.24, 2.45) is 5.41 Å². The molecule has 0 amide bonds. The summed E-state index contributed by atoms with van der Waals surface area (Å²) < 4.78 is 0. The fourth-order valence-corrected chi connectivity index (χ4v) is 1.68. The highest BCUT2D eigenvalue weighted by atomic mass is 16.1. The van der Waals surface area contributed by atoms with Crippen LogP contribution in [0.4, 0.5) is 0 Å². The van der Waals surface area contributed by atoms with Crippen LogP contribution in [0.25, 0.3) is 0 Å². The Morgan fingerprint density at radius 3 is 2.40 bits per heavy atom. The summed E-state index contributed by atoms with van der Waals surface area (Å²) in [6.45, 7) is 8.08. The average molecular weight is 138 g/mol. The van der Waals surface area contributed by atoms with Gasteiger partial charge in [-0.05, 0) is 11.8 Å². The van der Waals surface area contributed by atoms with Crippen LogP contribution in [0.3, 0.4) is 0 Å². The first-order valence-electron chi connectivity index (χ1n) is 3.68. The third-order valence-corrected chi connectivity index (χ3v) is 1.85. The van der Waals surface area contributed by atoms with Crippen LogP contribution in [0, 0.1) is 5.41 Å². The summed E-state index contributed by atoms with van der Waals surface area (Å²) in [5, 5.41) is 0. The average Bonchev–Trinajstić information content (AvgIpc) is 1.54. The smallest absolute Gasteiger partial charge is 0.137 e. The second kappa shape index (κ2) is 2.22. The summed E-state index contributed by atoms with van der Waals surface area (Å²) in [5.41, 5.74) is 1.27. The van der Waals surface area contributed by atoms with Gasteiger partial charge in [0.05, 0.1) is 0 Å². The Morgan fingerprint density at radius 1 is 1.40 bits per heavy atom. The molecular weight excluding hydrogens is 124 g/mol. The lowest BCUT2D eigenvalue weighted by Gasteiger charge is -2.29. The van der Waals surface area contributed by atoms with E-state index in [-0.39, 0.29) is 5.41 Å². The van der Waals surface area contributed by atoms with Gasteiger partial charge in [-0.15, -0.1) is 0 Å². The molecule has 1 aliphatic rings. The first-order valence-corrected chi connectivity index (χ1v) is 3.68. The van der Waals surface area contributed by atoms with Gasteiger partial charge in [-0.2, -0.15) is 0 Å². The minimum absolute atomic E-state index is 0.173. The van der Waals surface area contributed by atoms with Gasteiger partial charge in [0.15, 0.2) is 0 Å². The molecule has 1 heteroatoms. The molecule has 0 radical (unpaired) electrons. The Morgan fingerprint density at radius 2 is 2.00 bits per heavy atom. The van der Waals surface area contributed by atoms with Crippen molar-refractivity contribution in [3.8, 4) is 0 Å². The molecule has 0 aliphatic heterocycles. The molecule has 1 aliphatic carbocycles. The van der Waals surface area contributed by atoms with Gasteiger partial charge in [0.25, 0.3) is 0 Å². The summed E-state index contributed by atoms with van der Waals surface area (Å²) in [7, 11) is 0. The summed E-state index contributed by atoms with van der Waals surface area (Å²) in [5.74, 6) is 0.348. The van der Waals surface area contributed by atoms with Crippen molar-refractivity contribution in [3.63, 3.8) is 0 Å². The van der Waals surface area contributed by atoms with Crippen LogP contribution in [0.5, 0.6) is 0 Å². The normalized spacial score (nSPS) is 25.0. The molecule has 0 saturated heterocycles. The molecule has 1 saturated carbocycles. The molecule has 1 rings (SSSR count). The van der Waals surface area contributed by atoms with E-state index in [0.29, 0.717) is 12.2 Å². The maximum Gasteiger partial charge on any atom is 0.137 e. The number of hydrogen-bond acceptors (Lipinski definition) is 1. The van der Waals surface area contributed by atoms with Crippen molar-refractivity contribution in [1.29, 1.82) is 0 Å². The lowest BCUT2D eigenvalue weighted by atomic mass is 9.75. The molecule has 56 valence electrons. The molecule has 0 aromatic carbocycles. The van der Waals surface area contributed by atoms with Crippen LogP contribution in [-0.2, 0) is 4.79 Å². The third-order valence-electron chi connectivity index (χ3n) is 1.85. The number of ketones is 1. The minimum atomic E-state index is 0.173. The molecule has 0 aromatic heterocycles. The van der Waals surface area contributed by atoms with Crippen LogP contribution in [0.1, 0.15) is 33.1 Å². The molecule has 0 heterocycles. The zero-order valence-electron chi connectivity index (χ0n) is 6.74. The highest BCUT2D eigenvalue weighted by Gasteiger charge is 2.27. The largest absolute Gasteiger partial charge is 0.299 e. The first kappa shape index (κ1) is 7.52. The minimum Gasteiger partial charge on any atom is -0.299 e. The molecule has 0 unspecified atom stereocenters. The molecule has 0 spiro atoms. The van der Waals surface area contributed by atoms with E-state index in [2.05, 4.69) is 20.4 Å². The van der Waals surface area contributed by atoms with E-state index in [0.717, 1.165) is 18.4 Å². The number of rotatable bonds is 0. The zero-order valence-corrected chi connectivity index (χ0v) is 6.74. The Labute approximate surface area is 62.1 Å². The van der Waals surface area contributed by atoms with Crippen LogP contribution in [0.2, 0.25) is 0 Å². The van der Waals surface area contributed by atoms with Crippen molar-refractivity contribution in [2.75, 3.05) is 0 Å². The van der Waals surface area contributed by atoms with Gasteiger partial charge in [-0.25, -0.2) is 0 Å². The number of carbonyl (C=O) groups excluding carboxylic acids is 1. The quantitative estimate of drug-likeness (QED) is 0.469. The van der Waals surface area contributed by atoms with Crippen LogP contribution >= 0.6 is 0 Å². The van der Waals surface area contributed by atoms with Gasteiger partial charge in [-0.1, -0.05) is 26.0 Å². The number of hydrogen-bond donors (Lipinski definition) is 0. The molecule has 1 nitrogen and oxygen atoms in total. The Hall–Kier alpha value is -0.590. The topological polar surface area (TPSA) is 17.1 Å². The molecular formula is C9H14O. The number of carbonyl (C=O) groups is 1. The zero-order chi connectivity index (χ0) is 7.78. The lowest BCUT2D eigenvalue weighted by molar-refractivity contribution is -0.121. The third kappa shape index (κ3) is 1.69. The van der Waals surface area contributed by atoms with E-state index in [4.69, 9.17) is 0 Å². The van der Waals surface area contributed by atoms with Crippen molar-refractivity contribution in [2.45, 2.75) is 33.1 Å². The lowest BCUT2D eigenvalue weighted by Crippen LogP contribution is -2.23. The SMILES string of the molecule is C=C1CC(=O)CC(C)(C)C1. The Bertz CT molecular complexity index is 159. The standard InChI is InChI=1S/C9H14O/c1-7-4-8(10)6-9(2,3)5-7/h1,4-6H2,2-3H3. The van der Waals surface area contributed by atoms with E-state index in [9.17, 15) is 4.79 Å². The maximum atomic E-state index is 11.0. The second-order valence-electron chi connectivity index (χ2n) is 3.98. The Kier molecular flexibility index (Phi) is 1.67. The van der Waals surface area contributed by atoms with Crippen molar-refractivity contribution < 1.29 is 4.79 Å². The van der Waals surface area contributed by atoms with Crippen molar-refractivity contribution >= 4 is 5.78 Å². The molecule has 0 aromatic rings. The van der Waals surface area contributed by atoms with Crippen molar-refractivity contribution in [1.82, 2.24) is 0 Å². The van der Waals surface area contributed by atoms with Crippen molar-refractivity contribution in [3.05, 3.63) is 12.2 Å². The summed E-state index contributed by atoms with van der Waals surface area (Å²) in [6, 6.07) is 0. The first-order chi connectivity index (χ1) is 4.49. The fourth-order valence-electron chi connectivity index (χ4n) is 1.68. The maximum absolute atomic E-state index is 11.0. The van der Waals surface area contributed by atoms with Crippen LogP contribution < -0.4 is 0 Å². The number of allylic oxidation sites excluding steroid dienone is 1. The van der Waals surface area contributed by atoms with E-state index in [1.54, 1.807) is 0 Å². The molecule has 1 fully saturated rings. The van der Waals surface area contributed by atoms with E-state index >= 15 is 0 Å². The van der Waals surface area contributed by atoms with E-state index in [1.807, 2.05) is 0 Å². The van der Waals surface area contributed by atoms with Gasteiger partial charge < -0.3 is 0 Å². The predicted octanol–water partition coefficient (Wildman–Crippen LogP) is 2.32. The summed E-state index contributed by atoms with van der Waals surface area (Å²) in [4.78, 5) is 11.0. The molecule has 10 heavy (non-hydrogen) atoms. The monoisotopic (exact) mass is 138 g/mol. The molecule has 0 bridgehead atoms. The van der Waals surface area contributed by atoms with E-state index in [1.165, 1.54) is 0 Å². The molecule has 0 atom stereocenters. The highest BCUT2D eigenvalue weighted by molar-refractivity contribution is 5.82. The summed E-state index contributed by atoms with van der Waals surface area (Å²) in [6.07, 6.45) is 2.36. The van der Waals surface area contributed by atoms with Gasteiger partial charge >= 0.3 is 0 Å². The Balaban J connectivity index is 2.68. The highest BCUT2D eigenvalue weighted by Crippen LogP contribution is 2.35. The van der Waals surface area contributed by atoms with E-state index < -0.39 is 0 Å². The van der Waals surface area contributed by atoms with Gasteiger partial charge in [0.1, 0.15) is 5.78 Å². The van der Waals surface area contributed by atoms with Crippen LogP contribution in [-0.4, -0.2) is 5.78 Å². The second-order valence-corrected chi connectivity index (χ2v) is 3.98. The van der Waals surface area contributed by atoms with Gasteiger partial charge in [-0.3, -0.25) is 4.79 Å².